The predicted octanol–water partition coefficient (Wildman–Crippen LogP) is 3.22. The lowest BCUT2D eigenvalue weighted by atomic mass is 9.95. The van der Waals surface area contributed by atoms with Crippen LogP contribution in [0.4, 0.5) is 0 Å². The van der Waals surface area contributed by atoms with Crippen molar-refractivity contribution in [2.75, 3.05) is 18.9 Å². The molecule has 6 heteroatoms. The van der Waals surface area contributed by atoms with E-state index in [9.17, 15) is 4.21 Å². The smallest absolute Gasteiger partial charge is 0.191 e. The summed E-state index contributed by atoms with van der Waals surface area (Å²) in [6, 6.07) is 8.42. The van der Waals surface area contributed by atoms with E-state index >= 15 is 0 Å². The van der Waals surface area contributed by atoms with Gasteiger partial charge >= 0.3 is 0 Å². The molecule has 1 aromatic carbocycles. The summed E-state index contributed by atoms with van der Waals surface area (Å²) in [5.74, 6) is 2.47. The lowest BCUT2D eigenvalue weighted by molar-refractivity contribution is 0.340. The molecule has 0 aliphatic heterocycles. The minimum absolute atomic E-state index is 0.317. The van der Waals surface area contributed by atoms with Crippen LogP contribution >= 0.6 is 0 Å². The van der Waals surface area contributed by atoms with Crippen molar-refractivity contribution < 1.29 is 8.95 Å². The zero-order valence-electron chi connectivity index (χ0n) is 16.3. The number of guanidine groups is 1. The average molecular weight is 380 g/mol. The highest BCUT2D eigenvalue weighted by molar-refractivity contribution is 7.85. The molecule has 3 unspecified atom stereocenters. The van der Waals surface area contributed by atoms with Crippen molar-refractivity contribution in [3.63, 3.8) is 0 Å². The first kappa shape index (κ1) is 20.7. The highest BCUT2D eigenvalue weighted by Crippen LogP contribution is 2.23. The van der Waals surface area contributed by atoms with Gasteiger partial charge in [-0.05, 0) is 50.8 Å². The monoisotopic (exact) mass is 379 g/mol. The molecule has 0 heterocycles. The maximum Gasteiger partial charge on any atom is 0.191 e. The van der Waals surface area contributed by atoms with E-state index in [0.29, 0.717) is 24.4 Å². The third kappa shape index (κ3) is 6.63. The van der Waals surface area contributed by atoms with E-state index in [1.165, 1.54) is 0 Å². The Bertz CT molecular complexity index is 606. The van der Waals surface area contributed by atoms with Crippen LogP contribution in [0.25, 0.3) is 0 Å². The van der Waals surface area contributed by atoms with Gasteiger partial charge in [0.15, 0.2) is 5.96 Å². The number of nitrogens with zero attached hydrogens (tertiary/aromatic N) is 1. The Kier molecular flexibility index (Phi) is 8.95. The molecule has 1 fully saturated rings. The Morgan fingerprint density at radius 2 is 2.15 bits per heavy atom. The summed E-state index contributed by atoms with van der Waals surface area (Å²) < 4.78 is 17.7. The molecule has 1 saturated carbocycles. The van der Waals surface area contributed by atoms with Gasteiger partial charge in [0.25, 0.3) is 0 Å². The van der Waals surface area contributed by atoms with Crippen molar-refractivity contribution >= 4 is 16.8 Å². The van der Waals surface area contributed by atoms with Gasteiger partial charge in [0.1, 0.15) is 5.75 Å². The van der Waals surface area contributed by atoms with E-state index in [-0.39, 0.29) is 0 Å². The maximum absolute atomic E-state index is 12.1. The molecule has 0 radical (unpaired) electrons. The van der Waals surface area contributed by atoms with Gasteiger partial charge in [-0.15, -0.1) is 0 Å². The van der Waals surface area contributed by atoms with E-state index in [1.54, 1.807) is 0 Å². The van der Waals surface area contributed by atoms with Crippen molar-refractivity contribution in [1.82, 2.24) is 10.6 Å². The molecule has 2 rings (SSSR count). The van der Waals surface area contributed by atoms with E-state index in [1.807, 2.05) is 32.0 Å². The van der Waals surface area contributed by atoms with Gasteiger partial charge < -0.3 is 15.4 Å². The number of hydrogen-bond donors (Lipinski definition) is 2. The standard InChI is InChI=1S/C20H33N3O2S/c1-4-21-20(22-15-16-9-7-11-18(13-16)25-5-2)23-17-10-8-12-19(14-17)26(24)6-3/h7,9,11,13,17,19H,4-6,8,10,12,14-15H2,1-3H3,(H2,21,22,23). The van der Waals surface area contributed by atoms with Gasteiger partial charge in [0.05, 0.1) is 13.2 Å². The van der Waals surface area contributed by atoms with Gasteiger partial charge in [0.2, 0.25) is 0 Å². The summed E-state index contributed by atoms with van der Waals surface area (Å²) >= 11 is 0. The summed E-state index contributed by atoms with van der Waals surface area (Å²) in [5.41, 5.74) is 1.13. The van der Waals surface area contributed by atoms with Gasteiger partial charge in [-0.25, -0.2) is 4.99 Å². The molecule has 1 aliphatic rings. The predicted molar refractivity (Wildman–Crippen MR) is 110 cm³/mol. The third-order valence-electron chi connectivity index (χ3n) is 4.60. The van der Waals surface area contributed by atoms with E-state index < -0.39 is 10.8 Å². The van der Waals surface area contributed by atoms with Crippen LogP contribution in [-0.4, -0.2) is 40.4 Å². The Hall–Kier alpha value is -1.56. The first-order chi connectivity index (χ1) is 12.7. The number of benzene rings is 1. The molecular weight excluding hydrogens is 346 g/mol. The number of aliphatic imine (C=N–C) groups is 1. The minimum Gasteiger partial charge on any atom is -0.494 e. The van der Waals surface area contributed by atoms with Crippen LogP contribution < -0.4 is 15.4 Å². The SMILES string of the molecule is CCNC(=NCc1cccc(OCC)c1)NC1CCCC(S(=O)CC)C1. The maximum atomic E-state index is 12.1. The number of nitrogens with one attached hydrogen (secondary N) is 2. The second kappa shape index (κ2) is 11.2. The number of hydrogen-bond acceptors (Lipinski definition) is 3. The Balaban J connectivity index is 1.97. The Morgan fingerprint density at radius 3 is 2.88 bits per heavy atom. The topological polar surface area (TPSA) is 62.7 Å². The van der Waals surface area contributed by atoms with Crippen LogP contribution in [0.5, 0.6) is 5.75 Å². The van der Waals surface area contributed by atoms with Crippen LogP contribution in [0.2, 0.25) is 0 Å². The Morgan fingerprint density at radius 1 is 1.31 bits per heavy atom. The van der Waals surface area contributed by atoms with Crippen molar-refractivity contribution in [2.24, 2.45) is 4.99 Å². The second-order valence-corrected chi connectivity index (χ2v) is 8.58. The zero-order chi connectivity index (χ0) is 18.8. The summed E-state index contributed by atoms with van der Waals surface area (Å²) in [6.45, 7) is 8.16. The fourth-order valence-electron chi connectivity index (χ4n) is 3.33. The van der Waals surface area contributed by atoms with Crippen LogP contribution in [0, 0.1) is 0 Å². The van der Waals surface area contributed by atoms with Crippen LogP contribution in [0.1, 0.15) is 52.0 Å². The minimum atomic E-state index is -0.705. The first-order valence-electron chi connectivity index (χ1n) is 9.80. The number of ether oxygens (including phenoxy) is 1. The largest absolute Gasteiger partial charge is 0.494 e. The lowest BCUT2D eigenvalue weighted by Gasteiger charge is -2.30. The molecule has 3 atom stereocenters. The zero-order valence-corrected chi connectivity index (χ0v) is 17.1. The van der Waals surface area contributed by atoms with Crippen molar-refractivity contribution in [3.8, 4) is 5.75 Å². The summed E-state index contributed by atoms with van der Waals surface area (Å²) in [4.78, 5) is 4.73. The highest BCUT2D eigenvalue weighted by Gasteiger charge is 2.25. The number of rotatable bonds is 8. The third-order valence-corrected chi connectivity index (χ3v) is 6.34. The lowest BCUT2D eigenvalue weighted by Crippen LogP contribution is -2.46. The molecule has 1 aliphatic carbocycles. The quantitative estimate of drug-likeness (QED) is 0.538. The summed E-state index contributed by atoms with van der Waals surface area (Å²) in [6.07, 6.45) is 4.28. The van der Waals surface area contributed by atoms with Crippen molar-refractivity contribution in [3.05, 3.63) is 29.8 Å². The van der Waals surface area contributed by atoms with Gasteiger partial charge in [0, 0.05) is 34.4 Å². The molecular formula is C20H33N3O2S. The van der Waals surface area contributed by atoms with Crippen LogP contribution in [-0.2, 0) is 17.3 Å². The van der Waals surface area contributed by atoms with Crippen LogP contribution in [0.3, 0.4) is 0 Å². The average Bonchev–Trinajstić information content (AvgIpc) is 2.66. The molecule has 0 bridgehead atoms. The molecule has 0 aromatic heterocycles. The first-order valence-corrected chi connectivity index (χ1v) is 11.2. The molecule has 146 valence electrons. The van der Waals surface area contributed by atoms with E-state index in [4.69, 9.17) is 9.73 Å². The summed E-state index contributed by atoms with van der Waals surface area (Å²) in [5, 5.41) is 7.20. The normalized spacial score (nSPS) is 21.9. The van der Waals surface area contributed by atoms with Crippen LogP contribution in [0.15, 0.2) is 29.3 Å². The second-order valence-electron chi connectivity index (χ2n) is 6.57. The van der Waals surface area contributed by atoms with Crippen molar-refractivity contribution in [2.45, 2.75) is 64.3 Å². The fourth-order valence-corrected chi connectivity index (χ4v) is 4.68. The molecule has 0 spiro atoms. The summed E-state index contributed by atoms with van der Waals surface area (Å²) in [7, 11) is -0.705. The Labute approximate surface area is 160 Å². The molecule has 5 nitrogen and oxygen atoms in total. The van der Waals surface area contributed by atoms with E-state index in [2.05, 4.69) is 23.6 Å². The van der Waals surface area contributed by atoms with Gasteiger partial charge in [-0.2, -0.15) is 0 Å². The molecule has 26 heavy (non-hydrogen) atoms. The van der Waals surface area contributed by atoms with E-state index in [0.717, 1.165) is 55.3 Å². The molecule has 0 saturated heterocycles. The van der Waals surface area contributed by atoms with Gasteiger partial charge in [-0.3, -0.25) is 4.21 Å². The highest BCUT2D eigenvalue weighted by atomic mass is 32.2. The molecule has 2 N–H and O–H groups in total. The molecule has 1 aromatic rings. The van der Waals surface area contributed by atoms with Crippen molar-refractivity contribution in [1.29, 1.82) is 0 Å². The fraction of sp³-hybridized carbons (Fsp3) is 0.650. The molecule has 0 amide bonds. The van der Waals surface area contributed by atoms with Gasteiger partial charge in [-0.1, -0.05) is 25.5 Å².